The molecule has 0 saturated carbocycles. The molecule has 2 heteroatoms. The van der Waals surface area contributed by atoms with Crippen LogP contribution in [0.15, 0.2) is 0 Å². The van der Waals surface area contributed by atoms with Gasteiger partial charge in [0, 0.05) is 0 Å². The second-order valence-electron chi connectivity index (χ2n) is 7.37. The van der Waals surface area contributed by atoms with Gasteiger partial charge in [-0.05, 0) is 12.8 Å². The van der Waals surface area contributed by atoms with E-state index in [1.54, 1.807) is 0 Å². The van der Waals surface area contributed by atoms with Gasteiger partial charge in [-0.3, -0.25) is 0 Å². The molecule has 0 aromatic carbocycles. The van der Waals surface area contributed by atoms with Crippen LogP contribution in [-0.2, 0) is 0 Å². The van der Waals surface area contributed by atoms with E-state index in [0.717, 1.165) is 12.8 Å². The molecular weight excluding hydrogens is 282 g/mol. The quantitative estimate of drug-likeness (QED) is 0.205. The summed E-state index contributed by atoms with van der Waals surface area (Å²) in [5, 5.41) is 8.97. The minimum Gasteiger partial charge on any atom is -0.379 e. The predicted molar refractivity (Wildman–Crippen MR) is 104 cm³/mol. The molecule has 0 aliphatic rings. The van der Waals surface area contributed by atoms with Crippen molar-refractivity contribution in [3.63, 3.8) is 0 Å². The molecule has 23 heavy (non-hydrogen) atoms. The van der Waals surface area contributed by atoms with Crippen molar-refractivity contribution in [1.29, 1.82) is 0 Å². The summed E-state index contributed by atoms with van der Waals surface area (Å²) < 4.78 is 0. The first-order valence-electron chi connectivity index (χ1n) is 10.7. The van der Waals surface area contributed by atoms with E-state index in [4.69, 9.17) is 10.8 Å². The first kappa shape index (κ1) is 22.9. The van der Waals surface area contributed by atoms with Gasteiger partial charge in [0.05, 0.1) is 0 Å². The summed E-state index contributed by atoms with van der Waals surface area (Å²) in [4.78, 5) is 0. The standard InChI is InChI=1S/C21H45NO/c1-2-3-4-5-6-7-8-9-10-11-12-13-14-15-16-17-18-19-20-21(22)23/h21,23H,2-20,22H2,1H3. The van der Waals surface area contributed by atoms with Gasteiger partial charge in [-0.25, -0.2) is 0 Å². The van der Waals surface area contributed by atoms with Crippen molar-refractivity contribution < 1.29 is 5.11 Å². The van der Waals surface area contributed by atoms with Crippen LogP contribution in [0.4, 0.5) is 0 Å². The zero-order valence-corrected chi connectivity index (χ0v) is 16.0. The summed E-state index contributed by atoms with van der Waals surface area (Å²) in [6.07, 6.45) is 25.3. The molecule has 0 spiro atoms. The fourth-order valence-corrected chi connectivity index (χ4v) is 3.26. The van der Waals surface area contributed by atoms with Crippen LogP contribution in [0.25, 0.3) is 0 Å². The van der Waals surface area contributed by atoms with Crippen LogP contribution in [0.3, 0.4) is 0 Å². The van der Waals surface area contributed by atoms with Crippen molar-refractivity contribution in [3.8, 4) is 0 Å². The maximum atomic E-state index is 8.97. The molecule has 2 nitrogen and oxygen atoms in total. The van der Waals surface area contributed by atoms with E-state index in [0.29, 0.717) is 0 Å². The minimum absolute atomic E-state index is 0.601. The molecule has 0 radical (unpaired) electrons. The number of rotatable bonds is 19. The van der Waals surface area contributed by atoms with Gasteiger partial charge in [-0.1, -0.05) is 116 Å². The van der Waals surface area contributed by atoms with Crippen LogP contribution in [0.5, 0.6) is 0 Å². The normalized spacial score (nSPS) is 12.7. The summed E-state index contributed by atoms with van der Waals surface area (Å²) in [6, 6.07) is 0. The fraction of sp³-hybridized carbons (Fsp3) is 1.00. The van der Waals surface area contributed by atoms with Crippen LogP contribution >= 0.6 is 0 Å². The third-order valence-corrected chi connectivity index (χ3v) is 4.85. The molecule has 1 unspecified atom stereocenters. The molecule has 1 atom stereocenters. The lowest BCUT2D eigenvalue weighted by molar-refractivity contribution is 0.168. The first-order chi connectivity index (χ1) is 11.3. The Bertz CT molecular complexity index is 206. The number of unbranched alkanes of at least 4 members (excludes halogenated alkanes) is 17. The van der Waals surface area contributed by atoms with E-state index in [-0.39, 0.29) is 0 Å². The van der Waals surface area contributed by atoms with Gasteiger partial charge < -0.3 is 10.8 Å². The maximum absolute atomic E-state index is 8.97. The number of hydrogen-bond donors (Lipinski definition) is 2. The fourth-order valence-electron chi connectivity index (χ4n) is 3.26. The summed E-state index contributed by atoms with van der Waals surface area (Å²) in [5.74, 6) is 0. The molecular formula is C21H45NO. The highest BCUT2D eigenvalue weighted by atomic mass is 16.3. The molecule has 0 aliphatic carbocycles. The molecule has 0 aliphatic heterocycles. The second kappa shape index (κ2) is 20.0. The topological polar surface area (TPSA) is 46.2 Å². The molecule has 0 rings (SSSR count). The van der Waals surface area contributed by atoms with E-state index in [1.807, 2.05) is 0 Å². The molecule has 0 heterocycles. The smallest absolute Gasteiger partial charge is 0.102 e. The van der Waals surface area contributed by atoms with Crippen LogP contribution in [0.1, 0.15) is 129 Å². The predicted octanol–water partition coefficient (Wildman–Crippen LogP) is 6.70. The van der Waals surface area contributed by atoms with Crippen LogP contribution in [0.2, 0.25) is 0 Å². The van der Waals surface area contributed by atoms with E-state index in [2.05, 4.69) is 6.92 Å². The van der Waals surface area contributed by atoms with Crippen molar-refractivity contribution >= 4 is 0 Å². The highest BCUT2D eigenvalue weighted by Crippen LogP contribution is 2.14. The second-order valence-corrected chi connectivity index (χ2v) is 7.37. The highest BCUT2D eigenvalue weighted by molar-refractivity contribution is 4.51. The molecule has 140 valence electrons. The monoisotopic (exact) mass is 327 g/mol. The zero-order valence-electron chi connectivity index (χ0n) is 16.0. The summed E-state index contributed by atoms with van der Waals surface area (Å²) in [7, 11) is 0. The Morgan fingerprint density at radius 2 is 0.783 bits per heavy atom. The summed E-state index contributed by atoms with van der Waals surface area (Å²) in [6.45, 7) is 2.29. The van der Waals surface area contributed by atoms with Crippen LogP contribution in [0, 0.1) is 0 Å². The van der Waals surface area contributed by atoms with Gasteiger partial charge in [0.15, 0.2) is 0 Å². The molecule has 0 aromatic rings. The van der Waals surface area contributed by atoms with Crippen molar-refractivity contribution in [2.24, 2.45) is 5.73 Å². The third-order valence-electron chi connectivity index (χ3n) is 4.85. The van der Waals surface area contributed by atoms with E-state index >= 15 is 0 Å². The Morgan fingerprint density at radius 3 is 1.04 bits per heavy atom. The molecule has 0 amide bonds. The van der Waals surface area contributed by atoms with E-state index in [9.17, 15) is 0 Å². The number of aliphatic hydroxyl groups excluding tert-OH is 1. The van der Waals surface area contributed by atoms with E-state index in [1.165, 1.54) is 109 Å². The van der Waals surface area contributed by atoms with Gasteiger partial charge >= 0.3 is 0 Å². The van der Waals surface area contributed by atoms with Crippen molar-refractivity contribution in [3.05, 3.63) is 0 Å². The Balaban J connectivity index is 2.95. The summed E-state index contributed by atoms with van der Waals surface area (Å²) >= 11 is 0. The average molecular weight is 328 g/mol. The minimum atomic E-state index is -0.601. The van der Waals surface area contributed by atoms with Gasteiger partial charge in [-0.15, -0.1) is 0 Å². The SMILES string of the molecule is CCCCCCCCCCCCCCCCCCCCC(N)O. The Morgan fingerprint density at radius 1 is 0.522 bits per heavy atom. The highest BCUT2D eigenvalue weighted by Gasteiger charge is 1.96. The molecule has 0 bridgehead atoms. The first-order valence-corrected chi connectivity index (χ1v) is 10.7. The Labute approximate surface area is 146 Å². The lowest BCUT2D eigenvalue weighted by Gasteiger charge is -2.04. The van der Waals surface area contributed by atoms with Crippen molar-refractivity contribution in [1.82, 2.24) is 0 Å². The molecule has 0 saturated heterocycles. The third kappa shape index (κ3) is 21.9. The van der Waals surface area contributed by atoms with Crippen LogP contribution < -0.4 is 5.73 Å². The zero-order chi connectivity index (χ0) is 17.0. The molecule has 0 fully saturated rings. The Hall–Kier alpha value is -0.0800. The number of hydrogen-bond acceptors (Lipinski definition) is 2. The van der Waals surface area contributed by atoms with Crippen LogP contribution in [-0.4, -0.2) is 11.3 Å². The van der Waals surface area contributed by atoms with Gasteiger partial charge in [-0.2, -0.15) is 0 Å². The summed E-state index contributed by atoms with van der Waals surface area (Å²) in [5.41, 5.74) is 5.32. The van der Waals surface area contributed by atoms with Gasteiger partial charge in [0.2, 0.25) is 0 Å². The average Bonchev–Trinajstić information content (AvgIpc) is 2.53. The lowest BCUT2D eigenvalue weighted by Crippen LogP contribution is -2.17. The lowest BCUT2D eigenvalue weighted by atomic mass is 10.0. The Kier molecular flexibility index (Phi) is 19.9. The molecule has 3 N–H and O–H groups in total. The number of nitrogens with two attached hydrogens (primary N) is 1. The maximum Gasteiger partial charge on any atom is 0.102 e. The largest absolute Gasteiger partial charge is 0.379 e. The van der Waals surface area contributed by atoms with Crippen molar-refractivity contribution in [2.75, 3.05) is 0 Å². The van der Waals surface area contributed by atoms with Gasteiger partial charge in [0.25, 0.3) is 0 Å². The molecule has 0 aromatic heterocycles. The van der Waals surface area contributed by atoms with E-state index < -0.39 is 6.23 Å². The van der Waals surface area contributed by atoms with Crippen molar-refractivity contribution in [2.45, 2.75) is 135 Å². The number of aliphatic hydroxyl groups is 1. The van der Waals surface area contributed by atoms with Gasteiger partial charge in [0.1, 0.15) is 6.23 Å².